The number of rotatable bonds is 6. The summed E-state index contributed by atoms with van der Waals surface area (Å²) in [5.41, 5.74) is 5.69. The number of methoxy groups -OCH3 is 1. The lowest BCUT2D eigenvalue weighted by atomic mass is 10.2. The van der Waals surface area contributed by atoms with E-state index in [4.69, 9.17) is 20.4 Å². The molecule has 1 aromatic rings. The molecule has 1 aliphatic heterocycles. The van der Waals surface area contributed by atoms with E-state index in [0.717, 1.165) is 37.4 Å². The van der Waals surface area contributed by atoms with E-state index in [-0.39, 0.29) is 11.9 Å². The topological polar surface area (TPSA) is 80.3 Å². The minimum absolute atomic E-state index is 0.0151. The Labute approximate surface area is 118 Å². The van der Waals surface area contributed by atoms with E-state index in [9.17, 15) is 0 Å². The van der Waals surface area contributed by atoms with Gasteiger partial charge in [-0.15, -0.1) is 0 Å². The third-order valence-corrected chi connectivity index (χ3v) is 3.53. The molecule has 110 valence electrons. The molecule has 0 saturated carbocycles. The predicted molar refractivity (Wildman–Crippen MR) is 76.5 cm³/mol. The molecule has 20 heavy (non-hydrogen) atoms. The first kappa shape index (κ1) is 14.5. The summed E-state index contributed by atoms with van der Waals surface area (Å²) in [4.78, 5) is 2.17. The van der Waals surface area contributed by atoms with Gasteiger partial charge in [0.15, 0.2) is 17.3 Å². The number of benzene rings is 1. The smallest absolute Gasteiger partial charge is 0.161 e. The van der Waals surface area contributed by atoms with Gasteiger partial charge in [0, 0.05) is 6.54 Å². The Hall–Kier alpha value is -1.95. The zero-order valence-corrected chi connectivity index (χ0v) is 11.7. The third-order valence-electron chi connectivity index (χ3n) is 3.53. The Kier molecular flexibility index (Phi) is 5.06. The van der Waals surface area contributed by atoms with Gasteiger partial charge in [0.25, 0.3) is 0 Å². The van der Waals surface area contributed by atoms with Gasteiger partial charge in [-0.2, -0.15) is 0 Å². The summed E-state index contributed by atoms with van der Waals surface area (Å²) in [5.74, 6) is 1.73. The standard InChI is InChI=1S/C14H21N3O3/c1-19-12-6-2-3-7-13(12)20-10-9-17-8-4-5-11(17)14(15)16-18/h2-3,6-7,11,18H,4-5,8-10H2,1H3,(H2,15,16). The lowest BCUT2D eigenvalue weighted by Gasteiger charge is -2.23. The zero-order chi connectivity index (χ0) is 14.4. The predicted octanol–water partition coefficient (Wildman–Crippen LogP) is 1.28. The van der Waals surface area contributed by atoms with Crippen LogP contribution in [0.15, 0.2) is 29.4 Å². The second kappa shape index (κ2) is 7.00. The summed E-state index contributed by atoms with van der Waals surface area (Å²) in [7, 11) is 1.62. The number of hydrogen-bond acceptors (Lipinski definition) is 5. The molecule has 0 bridgehead atoms. The molecule has 1 fully saturated rings. The molecule has 1 unspecified atom stereocenters. The maximum absolute atomic E-state index is 8.77. The van der Waals surface area contributed by atoms with Gasteiger partial charge in [-0.1, -0.05) is 17.3 Å². The minimum Gasteiger partial charge on any atom is -0.493 e. The fourth-order valence-corrected chi connectivity index (χ4v) is 2.51. The molecule has 6 heteroatoms. The van der Waals surface area contributed by atoms with Crippen molar-refractivity contribution in [2.75, 3.05) is 26.8 Å². The number of likely N-dealkylation sites (tertiary alicyclic amines) is 1. The largest absolute Gasteiger partial charge is 0.493 e. The molecule has 0 amide bonds. The number of oxime groups is 1. The van der Waals surface area contributed by atoms with Gasteiger partial charge in [-0.3, -0.25) is 4.90 Å². The first-order valence-corrected chi connectivity index (χ1v) is 6.73. The maximum Gasteiger partial charge on any atom is 0.161 e. The van der Waals surface area contributed by atoms with Crippen LogP contribution < -0.4 is 15.2 Å². The van der Waals surface area contributed by atoms with Crippen molar-refractivity contribution in [2.45, 2.75) is 18.9 Å². The molecule has 1 atom stereocenters. The third kappa shape index (κ3) is 3.33. The Morgan fingerprint density at radius 3 is 2.90 bits per heavy atom. The van der Waals surface area contributed by atoms with Crippen molar-refractivity contribution in [2.24, 2.45) is 10.9 Å². The van der Waals surface area contributed by atoms with Crippen molar-refractivity contribution in [3.8, 4) is 11.5 Å². The Bertz CT molecular complexity index is 465. The van der Waals surface area contributed by atoms with Crippen LogP contribution in [-0.2, 0) is 0 Å². The highest BCUT2D eigenvalue weighted by Crippen LogP contribution is 2.26. The highest BCUT2D eigenvalue weighted by molar-refractivity contribution is 5.85. The normalized spacial score (nSPS) is 20.1. The van der Waals surface area contributed by atoms with E-state index < -0.39 is 0 Å². The summed E-state index contributed by atoms with van der Waals surface area (Å²) >= 11 is 0. The molecule has 1 aliphatic rings. The van der Waals surface area contributed by atoms with Crippen molar-refractivity contribution in [3.63, 3.8) is 0 Å². The molecule has 1 heterocycles. The van der Waals surface area contributed by atoms with Crippen LogP contribution in [0.1, 0.15) is 12.8 Å². The average molecular weight is 279 g/mol. The number of hydrogen-bond donors (Lipinski definition) is 2. The molecule has 0 aliphatic carbocycles. The SMILES string of the molecule is COc1ccccc1OCCN1CCCC1C(N)=NO. The number of ether oxygens (including phenoxy) is 2. The molecular weight excluding hydrogens is 258 g/mol. The van der Waals surface area contributed by atoms with Gasteiger partial charge in [0.05, 0.1) is 13.2 Å². The molecule has 1 aromatic carbocycles. The Balaban J connectivity index is 1.86. The quantitative estimate of drug-likeness (QED) is 0.355. The maximum atomic E-state index is 8.77. The Morgan fingerprint density at radius 2 is 2.20 bits per heavy atom. The summed E-state index contributed by atoms with van der Waals surface area (Å²) in [6.07, 6.45) is 1.97. The lowest BCUT2D eigenvalue weighted by molar-refractivity contribution is 0.212. The number of amidine groups is 1. The van der Waals surface area contributed by atoms with Gasteiger partial charge in [-0.25, -0.2) is 0 Å². The van der Waals surface area contributed by atoms with Crippen LogP contribution in [0.3, 0.4) is 0 Å². The highest BCUT2D eigenvalue weighted by Gasteiger charge is 2.27. The van der Waals surface area contributed by atoms with Crippen LogP contribution in [-0.4, -0.2) is 48.8 Å². The van der Waals surface area contributed by atoms with Crippen LogP contribution in [0.2, 0.25) is 0 Å². The summed E-state index contributed by atoms with van der Waals surface area (Å²) in [5, 5.41) is 11.9. The molecule has 0 radical (unpaired) electrons. The molecule has 3 N–H and O–H groups in total. The van der Waals surface area contributed by atoms with Crippen LogP contribution in [0, 0.1) is 0 Å². The first-order valence-electron chi connectivity index (χ1n) is 6.73. The van der Waals surface area contributed by atoms with E-state index in [1.807, 2.05) is 24.3 Å². The van der Waals surface area contributed by atoms with Gasteiger partial charge < -0.3 is 20.4 Å². The van der Waals surface area contributed by atoms with E-state index in [0.29, 0.717) is 6.61 Å². The molecule has 0 spiro atoms. The van der Waals surface area contributed by atoms with Crippen LogP contribution >= 0.6 is 0 Å². The zero-order valence-electron chi connectivity index (χ0n) is 11.7. The highest BCUT2D eigenvalue weighted by atomic mass is 16.5. The summed E-state index contributed by atoms with van der Waals surface area (Å²) < 4.78 is 11.0. The fourth-order valence-electron chi connectivity index (χ4n) is 2.51. The van der Waals surface area contributed by atoms with E-state index in [1.165, 1.54) is 0 Å². The number of nitrogens with zero attached hydrogens (tertiary/aromatic N) is 2. The summed E-state index contributed by atoms with van der Waals surface area (Å²) in [6.45, 7) is 2.21. The molecule has 0 aromatic heterocycles. The van der Waals surface area contributed by atoms with Crippen molar-refractivity contribution < 1.29 is 14.7 Å². The molecule has 1 saturated heterocycles. The van der Waals surface area contributed by atoms with Crippen LogP contribution in [0.5, 0.6) is 11.5 Å². The monoisotopic (exact) mass is 279 g/mol. The van der Waals surface area contributed by atoms with E-state index in [1.54, 1.807) is 7.11 Å². The van der Waals surface area contributed by atoms with Crippen molar-refractivity contribution in [1.29, 1.82) is 0 Å². The van der Waals surface area contributed by atoms with Crippen LogP contribution in [0.25, 0.3) is 0 Å². The number of nitrogens with two attached hydrogens (primary N) is 1. The number of para-hydroxylation sites is 2. The Morgan fingerprint density at radius 1 is 1.45 bits per heavy atom. The van der Waals surface area contributed by atoms with E-state index >= 15 is 0 Å². The molecule has 2 rings (SSSR count). The fraction of sp³-hybridized carbons (Fsp3) is 0.500. The van der Waals surface area contributed by atoms with Crippen molar-refractivity contribution in [1.82, 2.24) is 4.90 Å². The van der Waals surface area contributed by atoms with E-state index in [2.05, 4.69) is 10.1 Å². The second-order valence-corrected chi connectivity index (χ2v) is 4.72. The molecular formula is C14H21N3O3. The van der Waals surface area contributed by atoms with Gasteiger partial charge in [0.1, 0.15) is 6.61 Å². The van der Waals surface area contributed by atoms with Gasteiger partial charge in [0.2, 0.25) is 0 Å². The summed E-state index contributed by atoms with van der Waals surface area (Å²) in [6, 6.07) is 7.57. The first-order chi connectivity index (χ1) is 9.76. The van der Waals surface area contributed by atoms with Crippen molar-refractivity contribution >= 4 is 5.84 Å². The van der Waals surface area contributed by atoms with Crippen molar-refractivity contribution in [3.05, 3.63) is 24.3 Å². The van der Waals surface area contributed by atoms with Gasteiger partial charge in [-0.05, 0) is 31.5 Å². The average Bonchev–Trinajstić information content (AvgIpc) is 2.95. The molecule has 6 nitrogen and oxygen atoms in total. The lowest BCUT2D eigenvalue weighted by Crippen LogP contribution is -2.42. The van der Waals surface area contributed by atoms with Crippen LogP contribution in [0.4, 0.5) is 0 Å². The second-order valence-electron chi connectivity index (χ2n) is 4.72. The minimum atomic E-state index is 0.0151. The van der Waals surface area contributed by atoms with Gasteiger partial charge >= 0.3 is 0 Å².